The van der Waals surface area contributed by atoms with E-state index >= 15 is 0 Å². The van der Waals surface area contributed by atoms with Gasteiger partial charge >= 0.3 is 12.1 Å². The smallest absolute Gasteiger partial charge is 0.390 e. The normalized spacial score (nSPS) is 25.4. The zero-order chi connectivity index (χ0) is 13.8. The summed E-state index contributed by atoms with van der Waals surface area (Å²) < 4.78 is 41.4. The maximum absolute atomic E-state index is 12.1. The fraction of sp³-hybridized carbons (Fsp3) is 0.909. The molecule has 1 rings (SSSR count). The Morgan fingerprint density at radius 3 is 2.61 bits per heavy atom. The van der Waals surface area contributed by atoms with Gasteiger partial charge in [-0.05, 0) is 19.9 Å². The van der Waals surface area contributed by atoms with Crippen LogP contribution in [0.25, 0.3) is 0 Å². The molecule has 1 fully saturated rings. The lowest BCUT2D eigenvalue weighted by atomic mass is 9.82. The largest absolute Gasteiger partial charge is 0.481 e. The highest BCUT2D eigenvalue weighted by Crippen LogP contribution is 2.30. The van der Waals surface area contributed by atoms with E-state index in [0.29, 0.717) is 19.4 Å². The summed E-state index contributed by atoms with van der Waals surface area (Å²) in [6.07, 6.45) is -4.08. The molecule has 1 unspecified atom stereocenters. The Morgan fingerprint density at radius 1 is 1.50 bits per heavy atom. The number of ether oxygens (including phenoxy) is 1. The van der Waals surface area contributed by atoms with Crippen molar-refractivity contribution < 1.29 is 27.8 Å². The average Bonchev–Trinajstić information content (AvgIpc) is 2.26. The number of aliphatic carboxylic acids is 1. The van der Waals surface area contributed by atoms with E-state index in [1.807, 2.05) is 0 Å². The molecular weight excluding hydrogens is 251 g/mol. The number of carboxylic acids is 1. The number of rotatable bonds is 5. The van der Waals surface area contributed by atoms with Crippen molar-refractivity contribution in [3.63, 3.8) is 0 Å². The van der Waals surface area contributed by atoms with Gasteiger partial charge in [0.2, 0.25) is 0 Å². The highest BCUT2D eigenvalue weighted by molar-refractivity contribution is 5.75. The molecule has 1 atom stereocenters. The summed E-state index contributed by atoms with van der Waals surface area (Å²) in [7, 11) is 1.50. The number of carbonyl (C=O) groups is 1. The molecule has 0 amide bonds. The summed E-state index contributed by atoms with van der Waals surface area (Å²) in [5, 5.41) is 9.24. The number of alkyl halides is 3. The topological polar surface area (TPSA) is 49.8 Å². The Balaban J connectivity index is 2.53. The van der Waals surface area contributed by atoms with Gasteiger partial charge in [-0.1, -0.05) is 0 Å². The van der Waals surface area contributed by atoms with Gasteiger partial charge in [-0.15, -0.1) is 0 Å². The molecular formula is C11H18F3NO3. The molecule has 0 aromatic heterocycles. The van der Waals surface area contributed by atoms with Crippen molar-refractivity contribution in [1.29, 1.82) is 0 Å². The molecule has 1 aliphatic heterocycles. The van der Waals surface area contributed by atoms with Crippen LogP contribution < -0.4 is 0 Å². The van der Waals surface area contributed by atoms with Gasteiger partial charge in [0.05, 0.1) is 13.0 Å². The molecule has 7 heteroatoms. The van der Waals surface area contributed by atoms with Crippen LogP contribution in [0.1, 0.15) is 19.3 Å². The molecule has 0 aliphatic carbocycles. The second-order valence-corrected chi connectivity index (χ2v) is 4.84. The van der Waals surface area contributed by atoms with Crippen LogP contribution in [0.15, 0.2) is 0 Å². The fourth-order valence-corrected chi connectivity index (χ4v) is 2.13. The summed E-state index contributed by atoms with van der Waals surface area (Å²) in [4.78, 5) is 12.7. The maximum Gasteiger partial charge on any atom is 0.390 e. The number of hydrogen-bond acceptors (Lipinski definition) is 3. The minimum absolute atomic E-state index is 0.0681. The van der Waals surface area contributed by atoms with Crippen LogP contribution in [0, 0.1) is 5.41 Å². The van der Waals surface area contributed by atoms with Crippen LogP contribution in [0.4, 0.5) is 13.2 Å². The predicted octanol–water partition coefficient (Wildman–Crippen LogP) is 1.75. The second-order valence-electron chi connectivity index (χ2n) is 4.84. The first-order valence-electron chi connectivity index (χ1n) is 5.82. The molecule has 18 heavy (non-hydrogen) atoms. The lowest BCUT2D eigenvalue weighted by molar-refractivity contribution is -0.160. The average molecular weight is 269 g/mol. The third-order valence-corrected chi connectivity index (χ3v) is 3.13. The standard InChI is InChI=1S/C11H18F3NO3/c1-15(5-4-11(12,13)14)7-10(9(16)17)3-2-6-18-8-10/h2-8H2,1H3,(H,16,17). The highest BCUT2D eigenvalue weighted by atomic mass is 19.4. The predicted molar refractivity (Wildman–Crippen MR) is 58.3 cm³/mol. The van der Waals surface area contributed by atoms with Crippen LogP contribution in [0.3, 0.4) is 0 Å². The molecule has 1 aliphatic rings. The molecule has 0 aromatic rings. The SMILES string of the molecule is CN(CCC(F)(F)F)CC1(C(=O)O)CCCOC1. The van der Waals surface area contributed by atoms with Crippen molar-refractivity contribution in [1.82, 2.24) is 4.90 Å². The van der Waals surface area contributed by atoms with Crippen LogP contribution in [-0.2, 0) is 9.53 Å². The van der Waals surface area contributed by atoms with Gasteiger partial charge < -0.3 is 14.7 Å². The van der Waals surface area contributed by atoms with Crippen molar-refractivity contribution in [2.75, 3.05) is 33.4 Å². The van der Waals surface area contributed by atoms with E-state index in [1.165, 1.54) is 11.9 Å². The van der Waals surface area contributed by atoms with Gasteiger partial charge in [0.15, 0.2) is 0 Å². The zero-order valence-electron chi connectivity index (χ0n) is 10.3. The quantitative estimate of drug-likeness (QED) is 0.826. The Morgan fingerprint density at radius 2 is 2.17 bits per heavy atom. The summed E-state index contributed by atoms with van der Waals surface area (Å²) >= 11 is 0. The van der Waals surface area contributed by atoms with Crippen LogP contribution >= 0.6 is 0 Å². The van der Waals surface area contributed by atoms with Gasteiger partial charge in [0.1, 0.15) is 5.41 Å². The Hall–Kier alpha value is -0.820. The summed E-state index contributed by atoms with van der Waals surface area (Å²) in [6, 6.07) is 0. The van der Waals surface area contributed by atoms with E-state index in [4.69, 9.17) is 4.74 Å². The first-order chi connectivity index (χ1) is 8.25. The Kier molecular flexibility index (Phi) is 4.98. The third-order valence-electron chi connectivity index (χ3n) is 3.13. The Labute approximate surface area is 104 Å². The third kappa shape index (κ3) is 4.45. The zero-order valence-corrected chi connectivity index (χ0v) is 10.3. The number of halogens is 3. The molecule has 0 aromatic carbocycles. The molecule has 0 bridgehead atoms. The van der Waals surface area contributed by atoms with E-state index in [-0.39, 0.29) is 19.7 Å². The van der Waals surface area contributed by atoms with Crippen LogP contribution in [0.5, 0.6) is 0 Å². The van der Waals surface area contributed by atoms with Crippen LogP contribution in [-0.4, -0.2) is 55.5 Å². The molecule has 1 saturated heterocycles. The van der Waals surface area contributed by atoms with Gasteiger partial charge in [0.25, 0.3) is 0 Å². The van der Waals surface area contributed by atoms with Crippen molar-refractivity contribution >= 4 is 5.97 Å². The molecule has 1 heterocycles. The first-order valence-corrected chi connectivity index (χ1v) is 5.82. The summed E-state index contributed by atoms with van der Waals surface area (Å²) in [6.45, 7) is 0.469. The van der Waals surface area contributed by atoms with Gasteiger partial charge in [-0.25, -0.2) is 0 Å². The van der Waals surface area contributed by atoms with E-state index in [2.05, 4.69) is 0 Å². The van der Waals surface area contributed by atoms with E-state index in [0.717, 1.165) is 0 Å². The maximum atomic E-state index is 12.1. The van der Waals surface area contributed by atoms with Gasteiger partial charge in [-0.3, -0.25) is 4.79 Å². The van der Waals surface area contributed by atoms with Crippen molar-refractivity contribution in [3.8, 4) is 0 Å². The lowest BCUT2D eigenvalue weighted by Crippen LogP contribution is -2.47. The van der Waals surface area contributed by atoms with Crippen molar-refractivity contribution in [3.05, 3.63) is 0 Å². The highest BCUT2D eigenvalue weighted by Gasteiger charge is 2.41. The van der Waals surface area contributed by atoms with Gasteiger partial charge in [0, 0.05) is 19.7 Å². The minimum Gasteiger partial charge on any atom is -0.481 e. The Bertz CT molecular complexity index is 288. The second kappa shape index (κ2) is 5.88. The molecule has 0 saturated carbocycles. The molecule has 0 spiro atoms. The monoisotopic (exact) mass is 269 g/mol. The van der Waals surface area contributed by atoms with E-state index in [1.54, 1.807) is 0 Å². The summed E-state index contributed by atoms with van der Waals surface area (Å²) in [5.41, 5.74) is -1.07. The lowest BCUT2D eigenvalue weighted by Gasteiger charge is -2.36. The summed E-state index contributed by atoms with van der Waals surface area (Å²) in [5.74, 6) is -0.999. The molecule has 1 N–H and O–H groups in total. The number of hydrogen-bond donors (Lipinski definition) is 1. The molecule has 4 nitrogen and oxygen atoms in total. The number of carboxylic acid groups (broad SMARTS) is 1. The first kappa shape index (κ1) is 15.2. The number of nitrogens with zero attached hydrogens (tertiary/aromatic N) is 1. The minimum atomic E-state index is -4.21. The van der Waals surface area contributed by atoms with E-state index < -0.39 is 24.0 Å². The molecule has 0 radical (unpaired) electrons. The van der Waals surface area contributed by atoms with Crippen molar-refractivity contribution in [2.24, 2.45) is 5.41 Å². The molecule has 106 valence electrons. The van der Waals surface area contributed by atoms with Crippen LogP contribution in [0.2, 0.25) is 0 Å². The fourth-order valence-electron chi connectivity index (χ4n) is 2.13. The van der Waals surface area contributed by atoms with Gasteiger partial charge in [-0.2, -0.15) is 13.2 Å². The van der Waals surface area contributed by atoms with E-state index in [9.17, 15) is 23.1 Å². The van der Waals surface area contributed by atoms with Crippen molar-refractivity contribution in [2.45, 2.75) is 25.4 Å².